The molecule has 36 heavy (non-hydrogen) atoms. The minimum atomic E-state index is -0.193. The van der Waals surface area contributed by atoms with Crippen molar-refractivity contribution in [2.75, 3.05) is 74.0 Å². The van der Waals surface area contributed by atoms with E-state index < -0.39 is 0 Å². The Kier molecular flexibility index (Phi) is 18.3. The molecular weight excluding hydrogens is 466 g/mol. The number of rotatable bonds is 22. The van der Waals surface area contributed by atoms with E-state index in [1.54, 1.807) is 14.2 Å². The van der Waals surface area contributed by atoms with E-state index in [0.29, 0.717) is 77.6 Å². The molecule has 0 bridgehead atoms. The van der Waals surface area contributed by atoms with Gasteiger partial charge in [0.25, 0.3) is 0 Å². The van der Waals surface area contributed by atoms with Crippen LogP contribution in [0.3, 0.4) is 0 Å². The largest absolute Gasteiger partial charge is 0.493 e. The molecule has 0 aromatic heterocycles. The van der Waals surface area contributed by atoms with Crippen molar-refractivity contribution < 1.29 is 38.0 Å². The van der Waals surface area contributed by atoms with Gasteiger partial charge < -0.3 is 33.3 Å². The highest BCUT2D eigenvalue weighted by atomic mass is 16.5. The van der Waals surface area contributed by atoms with Crippen LogP contribution >= 0.6 is 0 Å². The lowest BCUT2D eigenvalue weighted by Gasteiger charge is -2.16. The third kappa shape index (κ3) is 15.6. The van der Waals surface area contributed by atoms with Crippen LogP contribution in [0.5, 0.6) is 11.5 Å². The van der Waals surface area contributed by atoms with E-state index in [0.717, 1.165) is 37.1 Å². The van der Waals surface area contributed by atoms with Crippen molar-refractivity contribution in [1.82, 2.24) is 4.90 Å². The predicted octanol–water partition coefficient (Wildman–Crippen LogP) is 3.66. The maximum Gasteiger partial charge on any atom is 0.307 e. The summed E-state index contributed by atoms with van der Waals surface area (Å²) in [6.45, 7) is 6.51. The number of carbonyl (C=O) groups is 2. The van der Waals surface area contributed by atoms with Gasteiger partial charge in [-0.1, -0.05) is 13.0 Å². The Morgan fingerprint density at radius 1 is 0.750 bits per heavy atom. The van der Waals surface area contributed by atoms with E-state index in [4.69, 9.17) is 28.4 Å². The standard InChI is InChI=1S/C27H45NO8/c1-5-9-26(29)35-20-7-18-33-16-6-17-34-19-8-21-36-27(30)13-15-28(2)14-12-23-10-11-24(31-3)25(22-23)32-4/h10-11,22H,5-9,12-21H2,1-4H3. The molecule has 1 aromatic rings. The van der Waals surface area contributed by atoms with Gasteiger partial charge in [-0.2, -0.15) is 0 Å². The number of esters is 2. The highest BCUT2D eigenvalue weighted by molar-refractivity contribution is 5.69. The summed E-state index contributed by atoms with van der Waals surface area (Å²) < 4.78 is 32.0. The van der Waals surface area contributed by atoms with Crippen LogP contribution in [0.25, 0.3) is 0 Å². The predicted molar refractivity (Wildman–Crippen MR) is 138 cm³/mol. The van der Waals surface area contributed by atoms with Gasteiger partial charge in [0, 0.05) is 58.8 Å². The smallest absolute Gasteiger partial charge is 0.307 e. The molecule has 0 N–H and O–H groups in total. The van der Waals surface area contributed by atoms with Crippen LogP contribution in [0.15, 0.2) is 18.2 Å². The summed E-state index contributed by atoms with van der Waals surface area (Å²) in [7, 11) is 5.24. The summed E-state index contributed by atoms with van der Waals surface area (Å²) in [5.74, 6) is 1.09. The average molecular weight is 512 g/mol. The van der Waals surface area contributed by atoms with E-state index in [1.807, 2.05) is 32.2 Å². The zero-order chi connectivity index (χ0) is 26.4. The van der Waals surface area contributed by atoms with Crippen molar-refractivity contribution in [3.63, 3.8) is 0 Å². The van der Waals surface area contributed by atoms with Gasteiger partial charge in [-0.3, -0.25) is 9.59 Å². The van der Waals surface area contributed by atoms with Crippen LogP contribution < -0.4 is 9.47 Å². The number of nitrogens with zero attached hydrogens (tertiary/aromatic N) is 1. The molecule has 0 radical (unpaired) electrons. The zero-order valence-electron chi connectivity index (χ0n) is 22.6. The summed E-state index contributed by atoms with van der Waals surface area (Å²) in [4.78, 5) is 25.3. The first-order chi connectivity index (χ1) is 17.5. The number of likely N-dealkylation sites (N-methyl/N-ethyl adjacent to an activating group) is 1. The maximum atomic E-state index is 12.0. The third-order valence-corrected chi connectivity index (χ3v) is 5.35. The molecule has 0 aliphatic heterocycles. The van der Waals surface area contributed by atoms with E-state index >= 15 is 0 Å². The second kappa shape index (κ2) is 20.8. The third-order valence-electron chi connectivity index (χ3n) is 5.35. The summed E-state index contributed by atoms with van der Waals surface area (Å²) in [6, 6.07) is 5.90. The quantitative estimate of drug-likeness (QED) is 0.171. The van der Waals surface area contributed by atoms with Crippen LogP contribution in [0.1, 0.15) is 51.0 Å². The fourth-order valence-electron chi connectivity index (χ4n) is 3.26. The van der Waals surface area contributed by atoms with Crippen molar-refractivity contribution >= 4 is 11.9 Å². The Bertz CT molecular complexity index is 728. The highest BCUT2D eigenvalue weighted by Gasteiger charge is 2.08. The fraction of sp³-hybridized carbons (Fsp3) is 0.704. The van der Waals surface area contributed by atoms with Gasteiger partial charge in [-0.25, -0.2) is 0 Å². The summed E-state index contributed by atoms with van der Waals surface area (Å²) in [5.41, 5.74) is 1.15. The summed E-state index contributed by atoms with van der Waals surface area (Å²) in [5, 5.41) is 0. The molecule has 9 nitrogen and oxygen atoms in total. The van der Waals surface area contributed by atoms with Gasteiger partial charge in [-0.15, -0.1) is 0 Å². The van der Waals surface area contributed by atoms with Crippen molar-refractivity contribution in [2.24, 2.45) is 0 Å². The lowest BCUT2D eigenvalue weighted by Crippen LogP contribution is -2.25. The van der Waals surface area contributed by atoms with Gasteiger partial charge in [0.15, 0.2) is 11.5 Å². The molecule has 0 saturated heterocycles. The molecule has 0 saturated carbocycles. The molecule has 0 heterocycles. The first kappa shape index (κ1) is 31.7. The molecule has 9 heteroatoms. The van der Waals surface area contributed by atoms with E-state index in [9.17, 15) is 9.59 Å². The molecule has 1 aromatic carbocycles. The second-order valence-electron chi connectivity index (χ2n) is 8.47. The number of hydrogen-bond donors (Lipinski definition) is 0. The SMILES string of the molecule is CCCC(=O)OCCCOCCCOCCCOC(=O)CCN(C)CCc1ccc(OC)c(OC)c1. The van der Waals surface area contributed by atoms with Crippen LogP contribution in [0.2, 0.25) is 0 Å². The lowest BCUT2D eigenvalue weighted by molar-refractivity contribution is -0.145. The van der Waals surface area contributed by atoms with Crippen molar-refractivity contribution in [3.8, 4) is 11.5 Å². The molecule has 0 aliphatic carbocycles. The molecule has 0 fully saturated rings. The second-order valence-corrected chi connectivity index (χ2v) is 8.47. The van der Waals surface area contributed by atoms with E-state index in [2.05, 4.69) is 4.90 Å². The molecule has 0 aliphatic rings. The van der Waals surface area contributed by atoms with Crippen LogP contribution in [0, 0.1) is 0 Å². The van der Waals surface area contributed by atoms with Crippen molar-refractivity contribution in [3.05, 3.63) is 23.8 Å². The van der Waals surface area contributed by atoms with E-state index in [1.165, 1.54) is 0 Å². The maximum absolute atomic E-state index is 12.0. The van der Waals surface area contributed by atoms with Crippen molar-refractivity contribution in [2.45, 2.75) is 51.9 Å². The Labute approximate surface area is 216 Å². The molecule has 0 unspecified atom stereocenters. The molecule has 0 atom stereocenters. The Morgan fingerprint density at radius 3 is 1.86 bits per heavy atom. The minimum Gasteiger partial charge on any atom is -0.493 e. The fourth-order valence-corrected chi connectivity index (χ4v) is 3.26. The van der Waals surface area contributed by atoms with Crippen LogP contribution in [-0.2, 0) is 35.0 Å². The van der Waals surface area contributed by atoms with Gasteiger partial charge >= 0.3 is 11.9 Å². The average Bonchev–Trinajstić information content (AvgIpc) is 2.88. The van der Waals surface area contributed by atoms with Crippen LogP contribution in [0.4, 0.5) is 0 Å². The Hall–Kier alpha value is -2.36. The normalized spacial score (nSPS) is 10.9. The Balaban J connectivity index is 1.94. The number of methoxy groups -OCH3 is 2. The van der Waals surface area contributed by atoms with Gasteiger partial charge in [0.1, 0.15) is 0 Å². The number of benzene rings is 1. The minimum absolute atomic E-state index is 0.147. The monoisotopic (exact) mass is 511 g/mol. The van der Waals surface area contributed by atoms with Gasteiger partial charge in [0.2, 0.25) is 0 Å². The van der Waals surface area contributed by atoms with E-state index in [-0.39, 0.29) is 11.9 Å². The van der Waals surface area contributed by atoms with Crippen molar-refractivity contribution in [1.29, 1.82) is 0 Å². The van der Waals surface area contributed by atoms with Crippen LogP contribution in [-0.4, -0.2) is 90.8 Å². The number of hydrogen-bond acceptors (Lipinski definition) is 9. The molecule has 206 valence electrons. The topological polar surface area (TPSA) is 92.8 Å². The van der Waals surface area contributed by atoms with Gasteiger partial charge in [-0.05, 0) is 44.0 Å². The zero-order valence-corrected chi connectivity index (χ0v) is 22.6. The molecule has 1 rings (SSSR count). The first-order valence-electron chi connectivity index (χ1n) is 12.9. The molecular formula is C27H45NO8. The first-order valence-corrected chi connectivity index (χ1v) is 12.9. The Morgan fingerprint density at radius 2 is 1.31 bits per heavy atom. The summed E-state index contributed by atoms with van der Waals surface area (Å²) in [6.07, 6.45) is 4.66. The lowest BCUT2D eigenvalue weighted by atomic mass is 10.1. The number of carbonyl (C=O) groups excluding carboxylic acids is 2. The molecule has 0 amide bonds. The molecule has 0 spiro atoms. The highest BCUT2D eigenvalue weighted by Crippen LogP contribution is 2.27. The van der Waals surface area contributed by atoms with Gasteiger partial charge in [0.05, 0.1) is 33.9 Å². The summed E-state index contributed by atoms with van der Waals surface area (Å²) >= 11 is 0. The number of ether oxygens (including phenoxy) is 6.